The second kappa shape index (κ2) is 5.93. The zero-order chi connectivity index (χ0) is 13.8. The third-order valence-electron chi connectivity index (χ3n) is 3.74. The number of nitrogens with zero attached hydrogens (tertiary/aromatic N) is 2. The summed E-state index contributed by atoms with van der Waals surface area (Å²) in [5, 5.41) is 11.8. The first-order valence-electron chi connectivity index (χ1n) is 6.52. The summed E-state index contributed by atoms with van der Waals surface area (Å²) in [5.74, 6) is 0.151. The van der Waals surface area contributed by atoms with E-state index in [2.05, 4.69) is 23.2 Å². The van der Waals surface area contributed by atoms with Crippen LogP contribution in [0.1, 0.15) is 24.0 Å². The van der Waals surface area contributed by atoms with Crippen molar-refractivity contribution >= 4 is 11.5 Å². The van der Waals surface area contributed by atoms with Crippen LogP contribution < -0.4 is 10.6 Å². The zero-order valence-corrected chi connectivity index (χ0v) is 11.5. The highest BCUT2D eigenvalue weighted by Crippen LogP contribution is 2.23. The number of anilines is 1. The van der Waals surface area contributed by atoms with Gasteiger partial charge >= 0.3 is 0 Å². The summed E-state index contributed by atoms with van der Waals surface area (Å²) < 4.78 is 5.39. The minimum absolute atomic E-state index is 0.151. The first-order chi connectivity index (χ1) is 9.13. The Morgan fingerprint density at radius 1 is 1.42 bits per heavy atom. The summed E-state index contributed by atoms with van der Waals surface area (Å²) in [5.41, 5.74) is 8.56. The maximum atomic E-state index is 8.73. The molecular weight excluding hydrogens is 242 g/mol. The lowest BCUT2D eigenvalue weighted by Gasteiger charge is -2.33. The van der Waals surface area contributed by atoms with Crippen molar-refractivity contribution in [3.63, 3.8) is 0 Å². The second-order valence-electron chi connectivity index (χ2n) is 4.94. The number of rotatable bonds is 3. The molecule has 3 N–H and O–H groups in total. The number of oxime groups is 1. The Hall–Kier alpha value is -1.75. The van der Waals surface area contributed by atoms with Crippen LogP contribution in [0.5, 0.6) is 0 Å². The largest absolute Gasteiger partial charge is 0.409 e. The Kier molecular flexibility index (Phi) is 4.27. The topological polar surface area (TPSA) is 71.1 Å². The summed E-state index contributed by atoms with van der Waals surface area (Å²) in [4.78, 5) is 2.28. The van der Waals surface area contributed by atoms with Gasteiger partial charge in [-0.15, -0.1) is 0 Å². The lowest BCUT2D eigenvalue weighted by atomic mass is 10.0. The predicted molar refractivity (Wildman–Crippen MR) is 75.9 cm³/mol. The summed E-state index contributed by atoms with van der Waals surface area (Å²) in [7, 11) is 2.11. The van der Waals surface area contributed by atoms with Gasteiger partial charge in [0.1, 0.15) is 0 Å². The smallest absolute Gasteiger partial charge is 0.170 e. The number of aryl methyl sites for hydroxylation is 1. The van der Waals surface area contributed by atoms with E-state index in [0.717, 1.165) is 42.9 Å². The molecule has 1 heterocycles. The van der Waals surface area contributed by atoms with Gasteiger partial charge in [0.15, 0.2) is 5.84 Å². The number of amidine groups is 1. The van der Waals surface area contributed by atoms with Crippen molar-refractivity contribution in [3.8, 4) is 0 Å². The average Bonchev–Trinajstić information content (AvgIpc) is 2.46. The fourth-order valence-corrected chi connectivity index (χ4v) is 2.49. The molecule has 0 amide bonds. The van der Waals surface area contributed by atoms with Gasteiger partial charge in [-0.2, -0.15) is 0 Å². The monoisotopic (exact) mass is 263 g/mol. The summed E-state index contributed by atoms with van der Waals surface area (Å²) in [6.45, 7) is 3.63. The Morgan fingerprint density at radius 3 is 2.68 bits per heavy atom. The van der Waals surface area contributed by atoms with Crippen LogP contribution in [0.3, 0.4) is 0 Å². The number of hydrogen-bond donors (Lipinski definition) is 2. The standard InChI is InChI=1S/C14H21N3O2/c1-10-9-12(3-4-13(10)14(15)16-18)17(2)11-5-7-19-8-6-11/h3-4,9,11,18H,5-8H2,1-2H3,(H2,15,16). The Bertz CT molecular complexity index is 468. The van der Waals surface area contributed by atoms with E-state index in [1.165, 1.54) is 0 Å². The molecule has 2 rings (SSSR count). The lowest BCUT2D eigenvalue weighted by Crippen LogP contribution is -2.36. The van der Waals surface area contributed by atoms with Gasteiger partial charge in [-0.3, -0.25) is 0 Å². The van der Waals surface area contributed by atoms with Gasteiger partial charge in [0, 0.05) is 37.6 Å². The molecule has 0 atom stereocenters. The average molecular weight is 263 g/mol. The van der Waals surface area contributed by atoms with Crippen LogP contribution in [-0.4, -0.2) is 37.3 Å². The van der Waals surface area contributed by atoms with E-state index in [4.69, 9.17) is 15.7 Å². The van der Waals surface area contributed by atoms with Gasteiger partial charge < -0.3 is 20.6 Å². The van der Waals surface area contributed by atoms with Gasteiger partial charge in [0.2, 0.25) is 0 Å². The molecule has 19 heavy (non-hydrogen) atoms. The van der Waals surface area contributed by atoms with Gasteiger partial charge in [-0.25, -0.2) is 0 Å². The Morgan fingerprint density at radius 2 is 2.11 bits per heavy atom. The minimum Gasteiger partial charge on any atom is -0.409 e. The van der Waals surface area contributed by atoms with Gasteiger partial charge in [0.05, 0.1) is 0 Å². The molecule has 1 aliphatic rings. The van der Waals surface area contributed by atoms with Crippen molar-refractivity contribution in [1.82, 2.24) is 0 Å². The molecule has 0 radical (unpaired) electrons. The van der Waals surface area contributed by atoms with Gasteiger partial charge in [0.25, 0.3) is 0 Å². The van der Waals surface area contributed by atoms with E-state index in [-0.39, 0.29) is 5.84 Å². The second-order valence-corrected chi connectivity index (χ2v) is 4.94. The van der Waals surface area contributed by atoms with Crippen LogP contribution in [0.25, 0.3) is 0 Å². The van der Waals surface area contributed by atoms with Crippen molar-refractivity contribution in [2.75, 3.05) is 25.2 Å². The third kappa shape index (κ3) is 2.98. The van der Waals surface area contributed by atoms with Crippen molar-refractivity contribution in [3.05, 3.63) is 29.3 Å². The van der Waals surface area contributed by atoms with Crippen LogP contribution in [0.4, 0.5) is 5.69 Å². The highest BCUT2D eigenvalue weighted by molar-refractivity contribution is 5.98. The summed E-state index contributed by atoms with van der Waals surface area (Å²) in [6.07, 6.45) is 2.11. The van der Waals surface area contributed by atoms with E-state index < -0.39 is 0 Å². The molecule has 1 aromatic carbocycles. The lowest BCUT2D eigenvalue weighted by molar-refractivity contribution is 0.0855. The predicted octanol–water partition coefficient (Wildman–Crippen LogP) is 1.70. The normalized spacial score (nSPS) is 17.5. The molecule has 1 aliphatic heterocycles. The van der Waals surface area contributed by atoms with Crippen LogP contribution in [-0.2, 0) is 4.74 Å². The number of benzene rings is 1. The molecule has 0 saturated carbocycles. The van der Waals surface area contributed by atoms with Crippen LogP contribution in [0.2, 0.25) is 0 Å². The number of nitrogens with two attached hydrogens (primary N) is 1. The van der Waals surface area contributed by atoms with E-state index in [0.29, 0.717) is 6.04 Å². The van der Waals surface area contributed by atoms with Crippen molar-refractivity contribution in [2.24, 2.45) is 10.9 Å². The Balaban J connectivity index is 2.19. The fraction of sp³-hybridized carbons (Fsp3) is 0.500. The van der Waals surface area contributed by atoms with Crippen LogP contribution in [0, 0.1) is 6.92 Å². The minimum atomic E-state index is 0.151. The first kappa shape index (κ1) is 13.7. The summed E-state index contributed by atoms with van der Waals surface area (Å²) in [6, 6.07) is 6.50. The fourth-order valence-electron chi connectivity index (χ4n) is 2.49. The summed E-state index contributed by atoms with van der Waals surface area (Å²) >= 11 is 0. The quantitative estimate of drug-likeness (QED) is 0.377. The van der Waals surface area contributed by atoms with E-state index in [1.54, 1.807) is 0 Å². The molecule has 0 aromatic heterocycles. The van der Waals surface area contributed by atoms with Crippen LogP contribution in [0.15, 0.2) is 23.4 Å². The maximum Gasteiger partial charge on any atom is 0.170 e. The number of ether oxygens (including phenoxy) is 1. The van der Waals surface area contributed by atoms with E-state index >= 15 is 0 Å². The van der Waals surface area contributed by atoms with Crippen molar-refractivity contribution in [2.45, 2.75) is 25.8 Å². The zero-order valence-electron chi connectivity index (χ0n) is 11.5. The molecule has 5 nitrogen and oxygen atoms in total. The number of hydrogen-bond acceptors (Lipinski definition) is 4. The molecular formula is C14H21N3O2. The Labute approximate surface area is 113 Å². The van der Waals surface area contributed by atoms with Crippen LogP contribution >= 0.6 is 0 Å². The molecule has 1 saturated heterocycles. The maximum absolute atomic E-state index is 8.73. The molecule has 0 unspecified atom stereocenters. The van der Waals surface area contributed by atoms with Gasteiger partial charge in [-0.05, 0) is 43.5 Å². The highest BCUT2D eigenvalue weighted by atomic mass is 16.5. The van der Waals surface area contributed by atoms with Crippen molar-refractivity contribution in [1.29, 1.82) is 0 Å². The third-order valence-corrected chi connectivity index (χ3v) is 3.74. The molecule has 0 spiro atoms. The molecule has 0 aliphatic carbocycles. The van der Waals surface area contributed by atoms with Crippen molar-refractivity contribution < 1.29 is 9.94 Å². The van der Waals surface area contributed by atoms with E-state index in [1.807, 2.05) is 19.1 Å². The molecule has 104 valence electrons. The molecule has 5 heteroatoms. The van der Waals surface area contributed by atoms with E-state index in [9.17, 15) is 0 Å². The first-order valence-corrected chi connectivity index (χ1v) is 6.52. The molecule has 1 aromatic rings. The molecule has 1 fully saturated rings. The molecule has 0 bridgehead atoms. The SMILES string of the molecule is Cc1cc(N(C)C2CCOCC2)ccc1/C(N)=N/O. The van der Waals surface area contributed by atoms with Gasteiger partial charge in [-0.1, -0.05) is 5.16 Å². The highest BCUT2D eigenvalue weighted by Gasteiger charge is 2.19.